The van der Waals surface area contributed by atoms with Gasteiger partial charge in [0.05, 0.1) is 18.7 Å². The highest BCUT2D eigenvalue weighted by Gasteiger charge is 2.23. The Hall–Kier alpha value is -2.89. The van der Waals surface area contributed by atoms with E-state index in [9.17, 15) is 13.2 Å². The monoisotopic (exact) mass is 359 g/mol. The molecule has 2 aromatic carbocycles. The molecule has 0 radical (unpaired) electrons. The van der Waals surface area contributed by atoms with Crippen molar-refractivity contribution in [1.29, 1.82) is 5.26 Å². The molecule has 0 bridgehead atoms. The van der Waals surface area contributed by atoms with Gasteiger partial charge in [-0.05, 0) is 42.5 Å². The molecule has 130 valence electrons. The molecule has 0 aliphatic heterocycles. The number of ether oxygens (including phenoxy) is 1. The molecule has 25 heavy (non-hydrogen) atoms. The van der Waals surface area contributed by atoms with E-state index in [1.165, 1.54) is 39.4 Å². The number of rotatable bonds is 5. The van der Waals surface area contributed by atoms with Crippen molar-refractivity contribution >= 4 is 21.6 Å². The largest absolute Gasteiger partial charge is 0.495 e. The lowest BCUT2D eigenvalue weighted by atomic mass is 10.2. The fourth-order valence-corrected chi connectivity index (χ4v) is 3.12. The fourth-order valence-electron chi connectivity index (χ4n) is 2.05. The standard InChI is InChI=1S/C17H17N3O4S/c1-20(2)25(22,23)16-10-13(6-9-15(16)24-3)17(21)19-14-7-4-12(11-18)5-8-14/h4-10H,1-3H3,(H,19,21). The Morgan fingerprint density at radius 2 is 1.80 bits per heavy atom. The van der Waals surface area contributed by atoms with Gasteiger partial charge >= 0.3 is 0 Å². The van der Waals surface area contributed by atoms with Gasteiger partial charge in [-0.2, -0.15) is 5.26 Å². The van der Waals surface area contributed by atoms with Crippen molar-refractivity contribution in [2.45, 2.75) is 4.90 Å². The Balaban J connectivity index is 2.36. The van der Waals surface area contributed by atoms with Gasteiger partial charge < -0.3 is 10.1 Å². The maximum Gasteiger partial charge on any atom is 0.255 e. The minimum absolute atomic E-state index is 0.0903. The zero-order valence-electron chi connectivity index (χ0n) is 14.0. The summed E-state index contributed by atoms with van der Waals surface area (Å²) in [5.74, 6) is -0.314. The van der Waals surface area contributed by atoms with E-state index in [4.69, 9.17) is 10.00 Å². The SMILES string of the molecule is COc1ccc(C(=O)Nc2ccc(C#N)cc2)cc1S(=O)(=O)N(C)C. The van der Waals surface area contributed by atoms with E-state index in [1.54, 1.807) is 24.3 Å². The Kier molecular flexibility index (Phi) is 5.41. The van der Waals surface area contributed by atoms with E-state index in [-0.39, 0.29) is 16.2 Å². The van der Waals surface area contributed by atoms with Gasteiger partial charge in [0.25, 0.3) is 5.91 Å². The van der Waals surface area contributed by atoms with Crippen molar-refractivity contribution in [2.24, 2.45) is 0 Å². The van der Waals surface area contributed by atoms with E-state index in [1.807, 2.05) is 6.07 Å². The zero-order chi connectivity index (χ0) is 18.6. The number of sulfonamides is 1. The van der Waals surface area contributed by atoms with Crippen LogP contribution < -0.4 is 10.1 Å². The molecule has 7 nitrogen and oxygen atoms in total. The van der Waals surface area contributed by atoms with E-state index >= 15 is 0 Å². The highest BCUT2D eigenvalue weighted by atomic mass is 32.2. The average Bonchev–Trinajstić information content (AvgIpc) is 2.61. The van der Waals surface area contributed by atoms with Crippen LogP contribution in [-0.2, 0) is 10.0 Å². The third kappa shape index (κ3) is 3.96. The number of benzene rings is 2. The maximum absolute atomic E-state index is 12.4. The van der Waals surface area contributed by atoms with Crippen LogP contribution >= 0.6 is 0 Å². The Bertz CT molecular complexity index is 929. The molecule has 0 heterocycles. The average molecular weight is 359 g/mol. The number of methoxy groups -OCH3 is 1. The van der Waals surface area contributed by atoms with Crippen molar-refractivity contribution in [2.75, 3.05) is 26.5 Å². The van der Waals surface area contributed by atoms with Crippen molar-refractivity contribution in [1.82, 2.24) is 4.31 Å². The van der Waals surface area contributed by atoms with Crippen LogP contribution in [0.4, 0.5) is 5.69 Å². The number of hydrogen-bond donors (Lipinski definition) is 1. The number of anilines is 1. The van der Waals surface area contributed by atoms with Crippen molar-refractivity contribution in [3.8, 4) is 11.8 Å². The maximum atomic E-state index is 12.4. The van der Waals surface area contributed by atoms with E-state index < -0.39 is 15.9 Å². The molecular weight excluding hydrogens is 342 g/mol. The lowest BCUT2D eigenvalue weighted by Crippen LogP contribution is -2.23. The normalized spacial score (nSPS) is 11.0. The van der Waals surface area contributed by atoms with E-state index in [0.29, 0.717) is 11.3 Å². The fraction of sp³-hybridized carbons (Fsp3) is 0.176. The third-order valence-electron chi connectivity index (χ3n) is 3.46. The molecule has 0 atom stereocenters. The summed E-state index contributed by atoms with van der Waals surface area (Å²) in [6, 6.07) is 12.5. The summed E-state index contributed by atoms with van der Waals surface area (Å²) in [6.45, 7) is 0. The smallest absolute Gasteiger partial charge is 0.255 e. The Labute approximate surface area is 146 Å². The van der Waals surface area contributed by atoms with Crippen molar-refractivity contribution in [3.05, 3.63) is 53.6 Å². The molecular formula is C17H17N3O4S. The predicted octanol–water partition coefficient (Wildman–Crippen LogP) is 2.07. The van der Waals surface area contributed by atoms with Crippen LogP contribution in [-0.4, -0.2) is 39.8 Å². The number of amides is 1. The zero-order valence-corrected chi connectivity index (χ0v) is 14.8. The van der Waals surface area contributed by atoms with Gasteiger partial charge in [0.2, 0.25) is 10.0 Å². The first-order valence-corrected chi connectivity index (χ1v) is 8.65. The molecule has 1 N–H and O–H groups in total. The Morgan fingerprint density at radius 1 is 1.16 bits per heavy atom. The number of carbonyl (C=O) groups is 1. The second kappa shape index (κ2) is 7.34. The first kappa shape index (κ1) is 18.4. The minimum atomic E-state index is -3.77. The molecule has 0 aliphatic rings. The molecule has 0 aromatic heterocycles. The molecule has 0 aliphatic carbocycles. The summed E-state index contributed by atoms with van der Waals surface area (Å²) >= 11 is 0. The highest BCUT2D eigenvalue weighted by Crippen LogP contribution is 2.27. The second-order valence-corrected chi connectivity index (χ2v) is 7.42. The quantitative estimate of drug-likeness (QED) is 0.881. The number of hydrogen-bond acceptors (Lipinski definition) is 5. The number of nitrogens with one attached hydrogen (secondary N) is 1. The lowest BCUT2D eigenvalue weighted by Gasteiger charge is -2.15. The van der Waals surface area contributed by atoms with Gasteiger partial charge in [-0.25, -0.2) is 12.7 Å². The number of carbonyl (C=O) groups excluding carboxylic acids is 1. The van der Waals surface area contributed by atoms with Crippen LogP contribution in [0.3, 0.4) is 0 Å². The summed E-state index contributed by atoms with van der Waals surface area (Å²) in [5, 5.41) is 11.4. The molecule has 0 spiro atoms. The van der Waals surface area contributed by atoms with Gasteiger partial charge in [0.1, 0.15) is 10.6 Å². The predicted molar refractivity (Wildman–Crippen MR) is 93.0 cm³/mol. The first-order chi connectivity index (χ1) is 11.8. The van der Waals surface area contributed by atoms with Crippen molar-refractivity contribution < 1.29 is 17.9 Å². The number of nitrogens with zero attached hydrogens (tertiary/aromatic N) is 2. The molecule has 2 aromatic rings. The summed E-state index contributed by atoms with van der Waals surface area (Å²) in [6.07, 6.45) is 0. The van der Waals surface area contributed by atoms with Gasteiger partial charge in [-0.15, -0.1) is 0 Å². The second-order valence-electron chi connectivity index (χ2n) is 5.30. The summed E-state index contributed by atoms with van der Waals surface area (Å²) in [4.78, 5) is 12.3. The van der Waals surface area contributed by atoms with E-state index in [0.717, 1.165) is 4.31 Å². The van der Waals surface area contributed by atoms with Crippen LogP contribution in [0.25, 0.3) is 0 Å². The molecule has 2 rings (SSSR count). The lowest BCUT2D eigenvalue weighted by molar-refractivity contribution is 0.102. The molecule has 0 saturated carbocycles. The van der Waals surface area contributed by atoms with Gasteiger partial charge in [0.15, 0.2) is 0 Å². The molecule has 1 amide bonds. The van der Waals surface area contributed by atoms with Crippen LogP contribution in [0.2, 0.25) is 0 Å². The van der Waals surface area contributed by atoms with Crippen LogP contribution in [0.1, 0.15) is 15.9 Å². The highest BCUT2D eigenvalue weighted by molar-refractivity contribution is 7.89. The molecule has 0 unspecified atom stereocenters. The van der Waals surface area contributed by atoms with Gasteiger partial charge in [0, 0.05) is 25.3 Å². The first-order valence-electron chi connectivity index (χ1n) is 7.21. The summed E-state index contributed by atoms with van der Waals surface area (Å²) in [7, 11) is 0.398. The summed E-state index contributed by atoms with van der Waals surface area (Å²) < 4.78 is 30.9. The van der Waals surface area contributed by atoms with E-state index in [2.05, 4.69) is 5.32 Å². The van der Waals surface area contributed by atoms with Crippen LogP contribution in [0.5, 0.6) is 5.75 Å². The van der Waals surface area contributed by atoms with Crippen molar-refractivity contribution in [3.63, 3.8) is 0 Å². The summed E-state index contributed by atoms with van der Waals surface area (Å²) in [5.41, 5.74) is 1.14. The van der Waals surface area contributed by atoms with Gasteiger partial charge in [-0.3, -0.25) is 4.79 Å². The molecule has 0 saturated heterocycles. The topological polar surface area (TPSA) is 99.5 Å². The third-order valence-corrected chi connectivity index (χ3v) is 5.29. The van der Waals surface area contributed by atoms with Crippen LogP contribution in [0, 0.1) is 11.3 Å². The Morgan fingerprint density at radius 3 is 2.32 bits per heavy atom. The minimum Gasteiger partial charge on any atom is -0.495 e. The van der Waals surface area contributed by atoms with Gasteiger partial charge in [-0.1, -0.05) is 0 Å². The number of nitriles is 1. The van der Waals surface area contributed by atoms with Crippen LogP contribution in [0.15, 0.2) is 47.4 Å². The molecule has 8 heteroatoms. The molecule has 0 fully saturated rings.